The van der Waals surface area contributed by atoms with Crippen molar-refractivity contribution in [1.29, 1.82) is 0 Å². The number of halogens is 2. The van der Waals surface area contributed by atoms with E-state index < -0.39 is 5.60 Å². The molecule has 0 aliphatic rings. The Morgan fingerprint density at radius 2 is 1.74 bits per heavy atom. The molecular weight excluding hydrogens is 417 g/mol. The molecule has 1 atom stereocenters. The van der Waals surface area contributed by atoms with Crippen molar-refractivity contribution < 1.29 is 13.9 Å². The van der Waals surface area contributed by atoms with Crippen LogP contribution in [0.15, 0.2) is 60.8 Å². The minimum atomic E-state index is -0.625. The highest BCUT2D eigenvalue weighted by molar-refractivity contribution is 6.30. The van der Waals surface area contributed by atoms with Crippen LogP contribution in [-0.2, 0) is 17.4 Å². The Balaban J connectivity index is 1.49. The number of ether oxygens (including phenoxy) is 2. The summed E-state index contributed by atoms with van der Waals surface area (Å²) in [5.41, 5.74) is 1.39. The van der Waals surface area contributed by atoms with E-state index in [2.05, 4.69) is 16.9 Å². The summed E-state index contributed by atoms with van der Waals surface area (Å²) in [5.74, 6) is 0.411. The topological polar surface area (TPSA) is 39.5 Å². The third-order valence-corrected chi connectivity index (χ3v) is 5.59. The van der Waals surface area contributed by atoms with E-state index in [9.17, 15) is 4.39 Å². The molecule has 0 saturated heterocycles. The maximum atomic E-state index is 12.9. The van der Waals surface area contributed by atoms with Gasteiger partial charge >= 0.3 is 0 Å². The smallest absolute Gasteiger partial charge is 0.132 e. The van der Waals surface area contributed by atoms with Crippen molar-refractivity contribution in [3.63, 3.8) is 0 Å². The third-order valence-electron chi connectivity index (χ3n) is 5.34. The van der Waals surface area contributed by atoms with Gasteiger partial charge in [-0.2, -0.15) is 5.10 Å². The molecule has 7 heteroatoms. The Bertz CT molecular complexity index is 946. The summed E-state index contributed by atoms with van der Waals surface area (Å²) in [7, 11) is 3.97. The first-order valence-corrected chi connectivity index (χ1v) is 10.7. The van der Waals surface area contributed by atoms with Crippen LogP contribution in [0.2, 0.25) is 5.02 Å². The minimum Gasteiger partial charge on any atom is -0.492 e. The first kappa shape index (κ1) is 23.3. The van der Waals surface area contributed by atoms with Crippen molar-refractivity contribution in [2.75, 3.05) is 33.4 Å². The summed E-state index contributed by atoms with van der Waals surface area (Å²) in [5, 5.41) is 5.01. The molecule has 1 heterocycles. The van der Waals surface area contributed by atoms with Crippen LogP contribution in [0.4, 0.5) is 4.39 Å². The van der Waals surface area contributed by atoms with Crippen LogP contribution in [0.5, 0.6) is 5.75 Å². The molecule has 0 amide bonds. The number of likely N-dealkylation sites (N-methyl/N-ethyl adjacent to an activating group) is 1. The Hall–Kier alpha value is -2.41. The van der Waals surface area contributed by atoms with Crippen LogP contribution in [0.3, 0.4) is 0 Å². The van der Waals surface area contributed by atoms with E-state index in [4.69, 9.17) is 21.1 Å². The van der Waals surface area contributed by atoms with Gasteiger partial charge in [-0.3, -0.25) is 4.68 Å². The summed E-state index contributed by atoms with van der Waals surface area (Å²) in [4.78, 5) is 2.19. The first-order valence-electron chi connectivity index (χ1n) is 10.3. The number of hydrogen-bond acceptors (Lipinski definition) is 4. The van der Waals surface area contributed by atoms with Gasteiger partial charge in [-0.1, -0.05) is 23.7 Å². The molecule has 3 aromatic rings. The zero-order valence-corrected chi connectivity index (χ0v) is 19.0. The van der Waals surface area contributed by atoms with Crippen molar-refractivity contribution >= 4 is 11.6 Å². The van der Waals surface area contributed by atoms with Crippen LogP contribution in [0.25, 0.3) is 0 Å². The van der Waals surface area contributed by atoms with Gasteiger partial charge in [0.1, 0.15) is 23.8 Å². The molecule has 0 aliphatic carbocycles. The zero-order valence-electron chi connectivity index (χ0n) is 18.2. The van der Waals surface area contributed by atoms with E-state index in [1.807, 2.05) is 49.1 Å². The van der Waals surface area contributed by atoms with Gasteiger partial charge in [0.25, 0.3) is 0 Å². The molecule has 0 radical (unpaired) electrons. The van der Waals surface area contributed by atoms with Crippen LogP contribution < -0.4 is 4.74 Å². The number of benzene rings is 2. The quantitative estimate of drug-likeness (QED) is 0.394. The molecule has 5 nitrogen and oxygen atoms in total. The van der Waals surface area contributed by atoms with Crippen LogP contribution in [0.1, 0.15) is 24.6 Å². The largest absolute Gasteiger partial charge is 0.492 e. The molecule has 166 valence electrons. The van der Waals surface area contributed by atoms with Gasteiger partial charge < -0.3 is 14.4 Å². The van der Waals surface area contributed by atoms with Gasteiger partial charge in [-0.05, 0) is 68.4 Å². The Labute approximate surface area is 188 Å². The lowest BCUT2D eigenvalue weighted by molar-refractivity contribution is -0.0134. The number of aryl methyl sites for hydroxylation is 1. The van der Waals surface area contributed by atoms with Crippen LogP contribution in [-0.4, -0.2) is 48.0 Å². The predicted molar refractivity (Wildman–Crippen MR) is 121 cm³/mol. The molecule has 0 fully saturated rings. The minimum absolute atomic E-state index is 0.263. The fourth-order valence-corrected chi connectivity index (χ4v) is 3.61. The average molecular weight is 446 g/mol. The first-order chi connectivity index (χ1) is 14.9. The third kappa shape index (κ3) is 6.29. The number of rotatable bonds is 11. The van der Waals surface area contributed by atoms with Gasteiger partial charge in [-0.25, -0.2) is 4.39 Å². The molecule has 3 rings (SSSR count). The number of nitrogens with zero attached hydrogens (tertiary/aromatic N) is 3. The predicted octanol–water partition coefficient (Wildman–Crippen LogP) is 4.89. The van der Waals surface area contributed by atoms with Crippen LogP contribution in [0, 0.1) is 5.82 Å². The van der Waals surface area contributed by atoms with E-state index in [-0.39, 0.29) is 5.82 Å². The van der Waals surface area contributed by atoms with E-state index >= 15 is 0 Å². The van der Waals surface area contributed by atoms with Crippen molar-refractivity contribution in [2.45, 2.75) is 18.9 Å². The normalized spacial score (nSPS) is 13.4. The lowest BCUT2D eigenvalue weighted by Crippen LogP contribution is -2.32. The summed E-state index contributed by atoms with van der Waals surface area (Å²) in [6.45, 7) is 4.84. The molecule has 0 N–H and O–H groups in total. The Morgan fingerprint density at radius 1 is 1.03 bits per heavy atom. The molecule has 0 bridgehead atoms. The summed E-state index contributed by atoms with van der Waals surface area (Å²) >= 11 is 6.08. The van der Waals surface area contributed by atoms with Crippen molar-refractivity contribution in [3.8, 4) is 5.75 Å². The second kappa shape index (κ2) is 10.8. The number of aromatic nitrogens is 2. The molecule has 1 aromatic heterocycles. The standard InChI is InChI=1S/C24H29ClFN3O2/c1-24(23-13-14-27-29(23)3,19-5-7-20(25)8-6-19)31-17-4-15-28(2)16-18-30-22-11-9-21(26)10-12-22/h5-14H,4,15-18H2,1-3H3. The summed E-state index contributed by atoms with van der Waals surface area (Å²) < 4.78 is 26.9. The lowest BCUT2D eigenvalue weighted by atomic mass is 9.92. The maximum absolute atomic E-state index is 12.9. The Kier molecular flexibility index (Phi) is 8.07. The van der Waals surface area contributed by atoms with Gasteiger partial charge in [-0.15, -0.1) is 0 Å². The monoisotopic (exact) mass is 445 g/mol. The van der Waals surface area contributed by atoms with Crippen molar-refractivity contribution in [3.05, 3.63) is 82.9 Å². The zero-order chi connectivity index (χ0) is 22.3. The second-order valence-electron chi connectivity index (χ2n) is 7.69. The second-order valence-corrected chi connectivity index (χ2v) is 8.12. The molecule has 31 heavy (non-hydrogen) atoms. The fourth-order valence-electron chi connectivity index (χ4n) is 3.49. The van der Waals surface area contributed by atoms with Crippen molar-refractivity contribution in [2.24, 2.45) is 7.05 Å². The summed E-state index contributed by atoms with van der Waals surface area (Å²) in [6, 6.07) is 15.8. The fraction of sp³-hybridized carbons (Fsp3) is 0.375. The van der Waals surface area contributed by atoms with E-state index in [0.717, 1.165) is 30.8 Å². The maximum Gasteiger partial charge on any atom is 0.132 e. The molecule has 0 spiro atoms. The highest BCUT2D eigenvalue weighted by Crippen LogP contribution is 2.33. The SMILES string of the molecule is CN(CCCOC(C)(c1ccc(Cl)cc1)c1ccnn1C)CCOc1ccc(F)cc1. The average Bonchev–Trinajstić information content (AvgIpc) is 3.19. The van der Waals surface area contributed by atoms with E-state index in [1.54, 1.807) is 18.3 Å². The van der Waals surface area contributed by atoms with Crippen molar-refractivity contribution in [1.82, 2.24) is 14.7 Å². The van der Waals surface area contributed by atoms with Gasteiger partial charge in [0.05, 0.1) is 5.69 Å². The van der Waals surface area contributed by atoms with Gasteiger partial charge in [0.15, 0.2) is 0 Å². The van der Waals surface area contributed by atoms with Crippen LogP contribution >= 0.6 is 11.6 Å². The highest BCUT2D eigenvalue weighted by Gasteiger charge is 2.32. The van der Waals surface area contributed by atoms with E-state index in [1.165, 1.54) is 12.1 Å². The van der Waals surface area contributed by atoms with Gasteiger partial charge in [0, 0.05) is 38.0 Å². The molecule has 0 aliphatic heterocycles. The number of hydrogen-bond donors (Lipinski definition) is 0. The lowest BCUT2D eigenvalue weighted by Gasteiger charge is -2.31. The molecule has 1 unspecified atom stereocenters. The van der Waals surface area contributed by atoms with Gasteiger partial charge in [0.2, 0.25) is 0 Å². The van der Waals surface area contributed by atoms with E-state index in [0.29, 0.717) is 24.0 Å². The Morgan fingerprint density at radius 3 is 2.39 bits per heavy atom. The summed E-state index contributed by atoms with van der Waals surface area (Å²) in [6.07, 6.45) is 2.65. The molecule has 2 aromatic carbocycles. The molecule has 0 saturated carbocycles. The highest BCUT2D eigenvalue weighted by atomic mass is 35.5. The molecular formula is C24H29ClFN3O2.